The highest BCUT2D eigenvalue weighted by Crippen LogP contribution is 2.29. The Morgan fingerprint density at radius 3 is 2.63 bits per heavy atom. The molecule has 0 aliphatic carbocycles. The molecule has 0 unspecified atom stereocenters. The van der Waals surface area contributed by atoms with Crippen molar-refractivity contribution < 1.29 is 14.3 Å². The van der Waals surface area contributed by atoms with Gasteiger partial charge in [-0.05, 0) is 18.6 Å². The van der Waals surface area contributed by atoms with Crippen LogP contribution in [0.15, 0.2) is 28.7 Å². The summed E-state index contributed by atoms with van der Waals surface area (Å²) in [7, 11) is 0. The van der Waals surface area contributed by atoms with Gasteiger partial charge in [-0.3, -0.25) is 0 Å². The number of carboxylic acids is 1. The number of aromatic carboxylic acids is 1. The Bertz CT molecular complexity index is 602. The van der Waals surface area contributed by atoms with E-state index in [1.54, 1.807) is 18.2 Å². The van der Waals surface area contributed by atoms with Crippen molar-refractivity contribution in [3.63, 3.8) is 0 Å². The Kier molecular flexibility index (Phi) is 3.38. The molecular formula is C14H16N2O3. The van der Waals surface area contributed by atoms with Gasteiger partial charge in [-0.15, -0.1) is 10.2 Å². The molecule has 0 saturated carbocycles. The summed E-state index contributed by atoms with van der Waals surface area (Å²) >= 11 is 0. The predicted octanol–water partition coefficient (Wildman–Crippen LogP) is 3.12. The molecule has 0 fully saturated rings. The van der Waals surface area contributed by atoms with Gasteiger partial charge in [0.05, 0.1) is 11.1 Å². The predicted molar refractivity (Wildman–Crippen MR) is 70.0 cm³/mol. The van der Waals surface area contributed by atoms with Crippen LogP contribution in [0.2, 0.25) is 0 Å². The van der Waals surface area contributed by atoms with Gasteiger partial charge in [0.25, 0.3) is 0 Å². The largest absolute Gasteiger partial charge is 0.478 e. The van der Waals surface area contributed by atoms with Crippen LogP contribution in [0.1, 0.15) is 43.4 Å². The monoisotopic (exact) mass is 260 g/mol. The van der Waals surface area contributed by atoms with Gasteiger partial charge in [-0.2, -0.15) is 0 Å². The van der Waals surface area contributed by atoms with Crippen molar-refractivity contribution in [3.8, 4) is 11.5 Å². The summed E-state index contributed by atoms with van der Waals surface area (Å²) in [5.74, 6) is -0.246. The standard InChI is InChI=1S/C14H16N2O3/c1-4-14(2,3)13-16-15-11(19-13)9-7-5-6-8-10(9)12(17)18/h5-8H,4H2,1-3H3,(H,17,18). The summed E-state index contributed by atoms with van der Waals surface area (Å²) in [6, 6.07) is 6.60. The number of aromatic nitrogens is 2. The number of hydrogen-bond acceptors (Lipinski definition) is 4. The highest BCUT2D eigenvalue weighted by Gasteiger charge is 2.26. The molecule has 1 N–H and O–H groups in total. The molecule has 0 aliphatic rings. The van der Waals surface area contributed by atoms with Crippen molar-refractivity contribution in [2.75, 3.05) is 0 Å². The molecule has 2 aromatic rings. The summed E-state index contributed by atoms with van der Waals surface area (Å²) in [6.45, 7) is 6.05. The number of carboxylic acid groups (broad SMARTS) is 1. The van der Waals surface area contributed by atoms with Crippen LogP contribution in [0.4, 0.5) is 0 Å². The molecule has 19 heavy (non-hydrogen) atoms. The van der Waals surface area contributed by atoms with E-state index in [9.17, 15) is 4.79 Å². The van der Waals surface area contributed by atoms with Gasteiger partial charge in [0.2, 0.25) is 11.8 Å². The second-order valence-corrected chi connectivity index (χ2v) is 5.00. The fraction of sp³-hybridized carbons (Fsp3) is 0.357. The molecule has 5 nitrogen and oxygen atoms in total. The highest BCUT2D eigenvalue weighted by molar-refractivity contribution is 5.94. The van der Waals surface area contributed by atoms with Crippen LogP contribution in [0.25, 0.3) is 11.5 Å². The smallest absolute Gasteiger partial charge is 0.336 e. The minimum absolute atomic E-state index is 0.159. The molecule has 5 heteroatoms. The van der Waals surface area contributed by atoms with Crippen LogP contribution in [0.3, 0.4) is 0 Å². The average molecular weight is 260 g/mol. The normalized spacial score (nSPS) is 11.5. The molecule has 0 aliphatic heterocycles. The number of carbonyl (C=O) groups is 1. The third-order valence-corrected chi connectivity index (χ3v) is 3.28. The second-order valence-electron chi connectivity index (χ2n) is 5.00. The quantitative estimate of drug-likeness (QED) is 0.913. The topological polar surface area (TPSA) is 76.2 Å². The third kappa shape index (κ3) is 2.50. The maximum atomic E-state index is 11.2. The van der Waals surface area contributed by atoms with Crippen LogP contribution >= 0.6 is 0 Å². The van der Waals surface area contributed by atoms with E-state index in [-0.39, 0.29) is 16.9 Å². The van der Waals surface area contributed by atoms with E-state index in [4.69, 9.17) is 9.52 Å². The van der Waals surface area contributed by atoms with Gasteiger partial charge in [-0.1, -0.05) is 32.9 Å². The fourth-order valence-electron chi connectivity index (χ4n) is 1.61. The molecule has 0 atom stereocenters. The van der Waals surface area contributed by atoms with Gasteiger partial charge in [0, 0.05) is 5.41 Å². The van der Waals surface area contributed by atoms with E-state index in [2.05, 4.69) is 10.2 Å². The zero-order valence-corrected chi connectivity index (χ0v) is 11.2. The van der Waals surface area contributed by atoms with Gasteiger partial charge in [-0.25, -0.2) is 4.79 Å². The molecule has 0 spiro atoms. The van der Waals surface area contributed by atoms with Crippen molar-refractivity contribution >= 4 is 5.97 Å². The minimum Gasteiger partial charge on any atom is -0.478 e. The highest BCUT2D eigenvalue weighted by atomic mass is 16.4. The van der Waals surface area contributed by atoms with E-state index >= 15 is 0 Å². The molecule has 0 amide bonds. The van der Waals surface area contributed by atoms with Gasteiger partial charge in [0.1, 0.15) is 0 Å². The Morgan fingerprint density at radius 1 is 1.32 bits per heavy atom. The molecule has 1 aromatic heterocycles. The molecule has 1 heterocycles. The molecule has 0 bridgehead atoms. The maximum Gasteiger partial charge on any atom is 0.336 e. The molecule has 0 radical (unpaired) electrons. The summed E-state index contributed by atoms with van der Waals surface area (Å²) < 4.78 is 5.63. The first kappa shape index (κ1) is 13.3. The number of hydrogen-bond donors (Lipinski definition) is 1. The Balaban J connectivity index is 2.47. The third-order valence-electron chi connectivity index (χ3n) is 3.28. The zero-order chi connectivity index (χ0) is 14.0. The minimum atomic E-state index is -1.01. The van der Waals surface area contributed by atoms with E-state index in [1.165, 1.54) is 6.07 Å². The molecule has 2 rings (SSSR count). The lowest BCUT2D eigenvalue weighted by Gasteiger charge is -2.16. The first-order valence-corrected chi connectivity index (χ1v) is 6.12. The van der Waals surface area contributed by atoms with Crippen molar-refractivity contribution in [2.45, 2.75) is 32.6 Å². The summed E-state index contributed by atoms with van der Waals surface area (Å²) in [6.07, 6.45) is 0.856. The average Bonchev–Trinajstić information content (AvgIpc) is 2.89. The Labute approximate surface area is 111 Å². The SMILES string of the molecule is CCC(C)(C)c1nnc(-c2ccccc2C(=O)O)o1. The van der Waals surface area contributed by atoms with Gasteiger partial charge < -0.3 is 9.52 Å². The molecular weight excluding hydrogens is 244 g/mol. The van der Waals surface area contributed by atoms with Crippen molar-refractivity contribution in [1.29, 1.82) is 0 Å². The van der Waals surface area contributed by atoms with Gasteiger partial charge >= 0.3 is 5.97 Å². The Morgan fingerprint density at radius 2 is 2.00 bits per heavy atom. The van der Waals surface area contributed by atoms with Crippen molar-refractivity contribution in [3.05, 3.63) is 35.7 Å². The zero-order valence-electron chi connectivity index (χ0n) is 11.2. The van der Waals surface area contributed by atoms with Crippen molar-refractivity contribution in [1.82, 2.24) is 10.2 Å². The van der Waals surface area contributed by atoms with Crippen LogP contribution in [-0.4, -0.2) is 21.3 Å². The van der Waals surface area contributed by atoms with E-state index in [1.807, 2.05) is 20.8 Å². The summed E-state index contributed by atoms with van der Waals surface area (Å²) in [5, 5.41) is 17.1. The number of benzene rings is 1. The van der Waals surface area contributed by atoms with E-state index in [0.717, 1.165) is 6.42 Å². The lowest BCUT2D eigenvalue weighted by atomic mass is 9.90. The van der Waals surface area contributed by atoms with Crippen LogP contribution in [0, 0.1) is 0 Å². The lowest BCUT2D eigenvalue weighted by molar-refractivity contribution is 0.0697. The number of nitrogens with zero attached hydrogens (tertiary/aromatic N) is 2. The lowest BCUT2D eigenvalue weighted by Crippen LogP contribution is -2.15. The molecule has 1 aromatic carbocycles. The summed E-state index contributed by atoms with van der Waals surface area (Å²) in [5.41, 5.74) is 0.385. The van der Waals surface area contributed by atoms with E-state index < -0.39 is 5.97 Å². The van der Waals surface area contributed by atoms with Gasteiger partial charge in [0.15, 0.2) is 0 Å². The first-order valence-electron chi connectivity index (χ1n) is 6.12. The van der Waals surface area contributed by atoms with Crippen LogP contribution < -0.4 is 0 Å². The second kappa shape index (κ2) is 4.84. The molecule has 100 valence electrons. The molecule has 0 saturated heterocycles. The fourth-order valence-corrected chi connectivity index (χ4v) is 1.61. The first-order chi connectivity index (χ1) is 8.95. The maximum absolute atomic E-state index is 11.2. The van der Waals surface area contributed by atoms with Crippen LogP contribution in [-0.2, 0) is 5.41 Å². The van der Waals surface area contributed by atoms with Crippen LogP contribution in [0.5, 0.6) is 0 Å². The number of rotatable bonds is 4. The summed E-state index contributed by atoms with van der Waals surface area (Å²) in [4.78, 5) is 11.2. The Hall–Kier alpha value is -2.17. The van der Waals surface area contributed by atoms with E-state index in [0.29, 0.717) is 11.5 Å². The van der Waals surface area contributed by atoms with Crippen molar-refractivity contribution in [2.24, 2.45) is 0 Å².